The lowest BCUT2D eigenvalue weighted by molar-refractivity contribution is -0.120. The monoisotopic (exact) mass is 461 g/mol. The summed E-state index contributed by atoms with van der Waals surface area (Å²) in [7, 11) is -4.53. The Morgan fingerprint density at radius 3 is 2.16 bits per heavy atom. The predicted molar refractivity (Wildman–Crippen MR) is 134 cm³/mol. The zero-order valence-electron chi connectivity index (χ0n) is 20.0. The van der Waals surface area contributed by atoms with Crippen LogP contribution in [0.2, 0.25) is 0 Å². The van der Waals surface area contributed by atoms with E-state index in [4.69, 9.17) is 0 Å². The van der Waals surface area contributed by atoms with E-state index in [1.807, 2.05) is 37.3 Å². The van der Waals surface area contributed by atoms with Gasteiger partial charge in [-0.2, -0.15) is 0 Å². The van der Waals surface area contributed by atoms with Crippen LogP contribution in [0.4, 0.5) is 0 Å². The van der Waals surface area contributed by atoms with Crippen LogP contribution in [0.1, 0.15) is 71.8 Å². The minimum atomic E-state index is -4.53. The number of allylic oxidation sites excluding steroid dienone is 6. The molecular weight excluding hydrogens is 421 g/mol. The smallest absolute Gasteiger partial charge is 0.338 e. The molecular formula is C26H40NO4P. The highest BCUT2D eigenvalue weighted by molar-refractivity contribution is 7.53. The van der Waals surface area contributed by atoms with E-state index in [0.717, 1.165) is 44.1 Å². The van der Waals surface area contributed by atoms with Gasteiger partial charge in [-0.05, 0) is 78.2 Å². The van der Waals surface area contributed by atoms with Crippen LogP contribution in [0.3, 0.4) is 0 Å². The van der Waals surface area contributed by atoms with E-state index in [1.54, 1.807) is 6.08 Å². The lowest BCUT2D eigenvalue weighted by Crippen LogP contribution is -2.35. The summed E-state index contributed by atoms with van der Waals surface area (Å²) in [5.41, 5.74) is 3.55. The van der Waals surface area contributed by atoms with E-state index in [9.17, 15) is 19.1 Å². The van der Waals surface area contributed by atoms with Crippen LogP contribution in [0, 0.1) is 0 Å². The topological polar surface area (TPSA) is 86.6 Å². The van der Waals surface area contributed by atoms with Gasteiger partial charge in [-0.15, -0.1) is 0 Å². The van der Waals surface area contributed by atoms with Crippen molar-refractivity contribution in [3.63, 3.8) is 0 Å². The summed E-state index contributed by atoms with van der Waals surface area (Å²) in [6.45, 7) is 8.67. The Kier molecular flexibility index (Phi) is 13.2. The first-order valence-corrected chi connectivity index (χ1v) is 13.1. The molecule has 0 aliphatic rings. The average Bonchev–Trinajstić information content (AvgIpc) is 2.71. The molecule has 5 nitrogen and oxygen atoms in total. The molecule has 0 saturated carbocycles. The second-order valence-electron chi connectivity index (χ2n) is 8.68. The van der Waals surface area contributed by atoms with Crippen LogP contribution in [0.15, 0.2) is 65.3 Å². The van der Waals surface area contributed by atoms with E-state index in [2.05, 4.69) is 38.2 Å². The molecule has 1 amide bonds. The Labute approximate surface area is 193 Å². The maximum atomic E-state index is 12.4. The third kappa shape index (κ3) is 12.8. The minimum Gasteiger partial charge on any atom is -0.355 e. The number of benzene rings is 1. The van der Waals surface area contributed by atoms with Gasteiger partial charge in [-0.25, -0.2) is 0 Å². The van der Waals surface area contributed by atoms with E-state index >= 15 is 0 Å². The summed E-state index contributed by atoms with van der Waals surface area (Å²) in [5.74, 6) is -0.578. The van der Waals surface area contributed by atoms with Gasteiger partial charge in [-0.1, -0.05) is 65.3 Å². The van der Waals surface area contributed by atoms with Crippen molar-refractivity contribution in [2.24, 2.45) is 0 Å². The average molecular weight is 462 g/mol. The van der Waals surface area contributed by atoms with Crippen molar-refractivity contribution >= 4 is 13.5 Å². The first-order chi connectivity index (χ1) is 15.1. The van der Waals surface area contributed by atoms with Crippen LogP contribution >= 0.6 is 7.60 Å². The van der Waals surface area contributed by atoms with Gasteiger partial charge in [-0.3, -0.25) is 9.36 Å². The zero-order valence-corrected chi connectivity index (χ0v) is 20.9. The summed E-state index contributed by atoms with van der Waals surface area (Å²) < 4.78 is 11.9. The largest absolute Gasteiger partial charge is 0.355 e. The zero-order chi connectivity index (χ0) is 24.0. The van der Waals surface area contributed by atoms with Crippen LogP contribution in [-0.2, 0) is 15.8 Å². The van der Waals surface area contributed by atoms with Gasteiger partial charge in [0, 0.05) is 6.54 Å². The molecule has 0 radical (unpaired) electrons. The molecule has 1 aromatic rings. The Hall–Kier alpha value is -1.94. The summed E-state index contributed by atoms with van der Waals surface area (Å²) in [4.78, 5) is 31.8. The summed E-state index contributed by atoms with van der Waals surface area (Å²) in [6.07, 6.45) is 11.6. The number of aryl methyl sites for hydroxylation is 1. The quantitative estimate of drug-likeness (QED) is 0.178. The normalized spacial score (nSPS) is 13.6. The third-order valence-electron chi connectivity index (χ3n) is 5.31. The summed E-state index contributed by atoms with van der Waals surface area (Å²) >= 11 is 0. The third-order valence-corrected chi connectivity index (χ3v) is 6.56. The van der Waals surface area contributed by atoms with Crippen molar-refractivity contribution < 1.29 is 19.1 Å². The number of carbonyl (C=O) groups excluding carboxylic acids is 1. The molecule has 0 fully saturated rings. The van der Waals surface area contributed by atoms with Gasteiger partial charge >= 0.3 is 7.60 Å². The molecule has 0 saturated heterocycles. The van der Waals surface area contributed by atoms with Gasteiger partial charge in [0.25, 0.3) is 0 Å². The van der Waals surface area contributed by atoms with Crippen molar-refractivity contribution in [3.8, 4) is 0 Å². The van der Waals surface area contributed by atoms with Crippen molar-refractivity contribution in [2.45, 2.75) is 78.3 Å². The van der Waals surface area contributed by atoms with Crippen LogP contribution < -0.4 is 5.32 Å². The van der Waals surface area contributed by atoms with E-state index in [1.165, 1.54) is 16.7 Å². The number of rotatable bonds is 14. The fourth-order valence-corrected chi connectivity index (χ4v) is 4.09. The van der Waals surface area contributed by atoms with Crippen LogP contribution in [0.5, 0.6) is 0 Å². The van der Waals surface area contributed by atoms with E-state index < -0.39 is 19.2 Å². The number of amides is 1. The SMILES string of the molecule is CC(C)=CCCC(C)=CCCC(C)=CCC(C(=O)NCCCc1ccccc1)P(=O)(O)O. The number of hydrogen-bond acceptors (Lipinski definition) is 2. The van der Waals surface area contributed by atoms with Gasteiger partial charge < -0.3 is 15.1 Å². The summed E-state index contributed by atoms with van der Waals surface area (Å²) in [5, 5.41) is 2.69. The van der Waals surface area contributed by atoms with E-state index in [-0.39, 0.29) is 6.42 Å². The highest BCUT2D eigenvalue weighted by Gasteiger charge is 2.34. The van der Waals surface area contributed by atoms with Crippen LogP contribution in [-0.4, -0.2) is 27.9 Å². The van der Waals surface area contributed by atoms with Crippen molar-refractivity contribution in [1.82, 2.24) is 5.32 Å². The molecule has 6 heteroatoms. The highest BCUT2D eigenvalue weighted by Crippen LogP contribution is 2.43. The molecule has 0 bridgehead atoms. The minimum absolute atomic E-state index is 0.0455. The molecule has 1 unspecified atom stereocenters. The Morgan fingerprint density at radius 2 is 1.56 bits per heavy atom. The van der Waals surface area contributed by atoms with E-state index in [0.29, 0.717) is 6.54 Å². The molecule has 3 N–H and O–H groups in total. The van der Waals surface area contributed by atoms with Gasteiger partial charge in [0.15, 0.2) is 0 Å². The molecule has 0 aliphatic carbocycles. The van der Waals surface area contributed by atoms with Gasteiger partial charge in [0.1, 0.15) is 5.66 Å². The first kappa shape index (κ1) is 28.1. The van der Waals surface area contributed by atoms with Crippen molar-refractivity contribution in [1.29, 1.82) is 0 Å². The second kappa shape index (κ2) is 15.0. The fraction of sp³-hybridized carbons (Fsp3) is 0.500. The molecule has 1 atom stereocenters. The fourth-order valence-electron chi connectivity index (χ4n) is 3.32. The maximum Gasteiger partial charge on any atom is 0.338 e. The molecule has 1 rings (SSSR count). The molecule has 1 aromatic carbocycles. The molecule has 0 aromatic heterocycles. The maximum absolute atomic E-state index is 12.4. The molecule has 32 heavy (non-hydrogen) atoms. The standard InChI is InChI=1S/C26H40NO4P/c1-21(2)11-8-12-22(3)13-9-14-23(4)18-19-25(32(29,30)31)26(28)27-20-10-17-24-15-6-5-7-16-24/h5-7,11,13,15-16,18,25H,8-10,12,14,17,19-20H2,1-4H3,(H,27,28)(H2,29,30,31). The van der Waals surface area contributed by atoms with Crippen molar-refractivity contribution in [2.75, 3.05) is 6.54 Å². The van der Waals surface area contributed by atoms with Gasteiger partial charge in [0.05, 0.1) is 0 Å². The Balaban J connectivity index is 2.48. The number of carbonyl (C=O) groups is 1. The highest BCUT2D eigenvalue weighted by atomic mass is 31.2. The molecule has 0 spiro atoms. The molecule has 0 aliphatic heterocycles. The van der Waals surface area contributed by atoms with Crippen molar-refractivity contribution in [3.05, 3.63) is 70.8 Å². The van der Waals surface area contributed by atoms with Crippen LogP contribution in [0.25, 0.3) is 0 Å². The lowest BCUT2D eigenvalue weighted by Gasteiger charge is -2.17. The number of nitrogens with one attached hydrogen (secondary N) is 1. The lowest BCUT2D eigenvalue weighted by atomic mass is 10.1. The predicted octanol–water partition coefficient (Wildman–Crippen LogP) is 6.09. The Morgan fingerprint density at radius 1 is 0.969 bits per heavy atom. The number of hydrogen-bond donors (Lipinski definition) is 3. The second-order valence-corrected chi connectivity index (χ2v) is 10.5. The first-order valence-electron chi connectivity index (χ1n) is 11.4. The summed E-state index contributed by atoms with van der Waals surface area (Å²) in [6, 6.07) is 9.93. The van der Waals surface area contributed by atoms with Gasteiger partial charge in [0.2, 0.25) is 5.91 Å². The molecule has 178 valence electrons. The molecule has 0 heterocycles. The Bertz CT molecular complexity index is 833.